The summed E-state index contributed by atoms with van der Waals surface area (Å²) in [5, 5.41) is 4.45. The van der Waals surface area contributed by atoms with Gasteiger partial charge >= 0.3 is 5.69 Å². The topological polar surface area (TPSA) is 60.1 Å². The molecule has 4 rings (SSSR count). The molecule has 3 heterocycles. The molecule has 1 saturated heterocycles. The number of likely N-dealkylation sites (tertiary alicyclic amines) is 1. The van der Waals surface area contributed by atoms with E-state index in [1.54, 1.807) is 4.57 Å². The molecule has 1 aromatic rings. The normalized spacial score (nSPS) is 26.1. The fourth-order valence-electron chi connectivity index (χ4n) is 4.56. The summed E-state index contributed by atoms with van der Waals surface area (Å²) in [6.45, 7) is 1.91. The minimum atomic E-state index is -2.57. The molecular formula is C18H26F2N4O2. The molecule has 1 unspecified atom stereocenters. The summed E-state index contributed by atoms with van der Waals surface area (Å²) < 4.78 is 29.7. The lowest BCUT2D eigenvalue weighted by atomic mass is 9.87. The molecule has 1 atom stereocenters. The van der Waals surface area contributed by atoms with Gasteiger partial charge in [0, 0.05) is 38.9 Å². The highest BCUT2D eigenvalue weighted by molar-refractivity contribution is 5.80. The number of rotatable bonds is 3. The van der Waals surface area contributed by atoms with Crippen molar-refractivity contribution in [2.24, 2.45) is 5.92 Å². The Morgan fingerprint density at radius 3 is 2.50 bits per heavy atom. The highest BCUT2D eigenvalue weighted by atomic mass is 19.3. The zero-order valence-corrected chi connectivity index (χ0v) is 15.0. The van der Waals surface area contributed by atoms with Crippen molar-refractivity contribution >= 4 is 5.91 Å². The summed E-state index contributed by atoms with van der Waals surface area (Å²) in [7, 11) is 0. The van der Waals surface area contributed by atoms with Gasteiger partial charge in [0.05, 0.1) is 0 Å². The van der Waals surface area contributed by atoms with Gasteiger partial charge in [-0.25, -0.2) is 18.3 Å². The number of aromatic nitrogens is 3. The molecule has 0 bridgehead atoms. The Labute approximate surface area is 151 Å². The first-order valence-electron chi connectivity index (χ1n) is 9.79. The average Bonchev–Trinajstić information content (AvgIpc) is 3.25. The molecule has 1 saturated carbocycles. The summed E-state index contributed by atoms with van der Waals surface area (Å²) in [6.07, 6.45) is 4.84. The van der Waals surface area contributed by atoms with Crippen LogP contribution in [-0.4, -0.2) is 44.2 Å². The van der Waals surface area contributed by atoms with Gasteiger partial charge in [-0.2, -0.15) is 5.10 Å². The van der Waals surface area contributed by atoms with Gasteiger partial charge in [0.2, 0.25) is 11.8 Å². The summed E-state index contributed by atoms with van der Waals surface area (Å²) >= 11 is 0. The van der Waals surface area contributed by atoms with Crippen molar-refractivity contribution in [1.82, 2.24) is 19.2 Å². The van der Waals surface area contributed by atoms with Crippen LogP contribution in [0.15, 0.2) is 4.79 Å². The van der Waals surface area contributed by atoms with Crippen LogP contribution in [0, 0.1) is 5.92 Å². The molecule has 3 aliphatic rings. The fraction of sp³-hybridized carbons (Fsp3) is 0.833. The number of carbonyl (C=O) groups excluding carboxylic acids is 1. The molecule has 144 valence electrons. The second kappa shape index (κ2) is 6.78. The van der Waals surface area contributed by atoms with Crippen molar-refractivity contribution in [2.75, 3.05) is 13.1 Å². The molecule has 0 N–H and O–H groups in total. The summed E-state index contributed by atoms with van der Waals surface area (Å²) in [5.74, 6) is -1.82. The third kappa shape index (κ3) is 3.30. The van der Waals surface area contributed by atoms with Crippen LogP contribution < -0.4 is 5.69 Å². The lowest BCUT2D eigenvalue weighted by molar-refractivity contribution is -0.134. The van der Waals surface area contributed by atoms with Gasteiger partial charge in [-0.15, -0.1) is 0 Å². The maximum absolute atomic E-state index is 13.3. The molecule has 26 heavy (non-hydrogen) atoms. The maximum atomic E-state index is 13.3. The first-order valence-corrected chi connectivity index (χ1v) is 9.79. The van der Waals surface area contributed by atoms with Crippen molar-refractivity contribution in [1.29, 1.82) is 0 Å². The van der Waals surface area contributed by atoms with Gasteiger partial charge in [-0.1, -0.05) is 0 Å². The van der Waals surface area contributed by atoms with Crippen molar-refractivity contribution in [2.45, 2.75) is 76.3 Å². The van der Waals surface area contributed by atoms with Crippen molar-refractivity contribution in [3.8, 4) is 0 Å². The monoisotopic (exact) mass is 368 g/mol. The molecule has 2 fully saturated rings. The first kappa shape index (κ1) is 17.7. The summed E-state index contributed by atoms with van der Waals surface area (Å²) in [6, 6.07) is -0.450. The Morgan fingerprint density at radius 1 is 1.12 bits per heavy atom. The Kier molecular flexibility index (Phi) is 4.61. The van der Waals surface area contributed by atoms with Crippen LogP contribution in [0.4, 0.5) is 8.78 Å². The van der Waals surface area contributed by atoms with Gasteiger partial charge in [-0.3, -0.25) is 9.36 Å². The molecule has 0 aromatic carbocycles. The van der Waals surface area contributed by atoms with Crippen molar-refractivity contribution in [3.63, 3.8) is 0 Å². The van der Waals surface area contributed by atoms with Gasteiger partial charge in [0.25, 0.3) is 0 Å². The number of nitrogens with zero attached hydrogens (tertiary/aromatic N) is 4. The zero-order chi connectivity index (χ0) is 18.3. The molecule has 1 aromatic heterocycles. The number of carbonyl (C=O) groups is 1. The highest BCUT2D eigenvalue weighted by Crippen LogP contribution is 2.36. The van der Waals surface area contributed by atoms with Crippen LogP contribution in [0.3, 0.4) is 0 Å². The van der Waals surface area contributed by atoms with Crippen LogP contribution in [0.5, 0.6) is 0 Å². The number of halogens is 2. The van der Waals surface area contributed by atoms with Crippen LogP contribution >= 0.6 is 0 Å². The Morgan fingerprint density at radius 2 is 1.81 bits per heavy atom. The Balaban J connectivity index is 1.53. The van der Waals surface area contributed by atoms with Gasteiger partial charge in [-0.05, 0) is 44.4 Å². The van der Waals surface area contributed by atoms with Crippen LogP contribution in [0.25, 0.3) is 0 Å². The largest absolute Gasteiger partial charge is 0.346 e. The smallest absolute Gasteiger partial charge is 0.341 e. The second-order valence-electron chi connectivity index (χ2n) is 7.99. The van der Waals surface area contributed by atoms with E-state index in [2.05, 4.69) is 5.10 Å². The summed E-state index contributed by atoms with van der Waals surface area (Å²) in [5.41, 5.74) is -0.255. The third-order valence-corrected chi connectivity index (χ3v) is 6.10. The van der Waals surface area contributed by atoms with E-state index in [-0.39, 0.29) is 30.4 Å². The molecular weight excluding hydrogens is 342 g/mol. The number of alkyl halides is 2. The lowest BCUT2D eigenvalue weighted by Crippen LogP contribution is -2.41. The number of hydrogen-bond acceptors (Lipinski definition) is 3. The number of amides is 1. The molecule has 1 aliphatic carbocycles. The standard InChI is InChI=1S/C18H26F2N4O2/c19-18(20)8-6-13(7-9-18)12-23-17(26)24-14(4-3-5-15(24)21-23)16(25)22-10-1-2-11-22/h13-14H,1-12H2. The SMILES string of the molecule is O=C(C1CCCc2nn(CC3CCC(F)(F)CC3)c(=O)n21)N1CCCC1. The molecule has 0 radical (unpaired) electrons. The van der Waals surface area contributed by atoms with Crippen LogP contribution in [-0.2, 0) is 17.8 Å². The quantitative estimate of drug-likeness (QED) is 0.823. The van der Waals surface area contributed by atoms with E-state index in [1.165, 1.54) is 4.68 Å². The first-order chi connectivity index (χ1) is 12.4. The van der Waals surface area contributed by atoms with Crippen LogP contribution in [0.1, 0.15) is 63.2 Å². The maximum Gasteiger partial charge on any atom is 0.346 e. The van der Waals surface area contributed by atoms with E-state index in [0.29, 0.717) is 38.1 Å². The van der Waals surface area contributed by atoms with Crippen molar-refractivity contribution < 1.29 is 13.6 Å². The molecule has 8 heteroatoms. The number of fused-ring (bicyclic) bond motifs is 1. The summed E-state index contributed by atoms with van der Waals surface area (Å²) in [4.78, 5) is 27.6. The Bertz CT molecular complexity index is 726. The molecule has 2 aliphatic heterocycles. The van der Waals surface area contributed by atoms with E-state index in [0.717, 1.165) is 32.4 Å². The van der Waals surface area contributed by atoms with E-state index in [1.807, 2.05) is 4.90 Å². The van der Waals surface area contributed by atoms with Gasteiger partial charge < -0.3 is 4.90 Å². The van der Waals surface area contributed by atoms with E-state index >= 15 is 0 Å². The lowest BCUT2D eigenvalue weighted by Gasteiger charge is -2.27. The predicted octanol–water partition coefficient (Wildman–Crippen LogP) is 2.37. The third-order valence-electron chi connectivity index (χ3n) is 6.10. The van der Waals surface area contributed by atoms with Crippen LogP contribution in [0.2, 0.25) is 0 Å². The van der Waals surface area contributed by atoms with Crippen molar-refractivity contribution in [3.05, 3.63) is 16.3 Å². The van der Waals surface area contributed by atoms with Gasteiger partial charge in [0.1, 0.15) is 11.9 Å². The minimum Gasteiger partial charge on any atom is -0.341 e. The zero-order valence-electron chi connectivity index (χ0n) is 15.0. The average molecular weight is 368 g/mol. The molecule has 6 nitrogen and oxygen atoms in total. The van der Waals surface area contributed by atoms with E-state index < -0.39 is 12.0 Å². The van der Waals surface area contributed by atoms with E-state index in [4.69, 9.17) is 0 Å². The highest BCUT2D eigenvalue weighted by Gasteiger charge is 2.37. The Hall–Kier alpha value is -1.73. The fourth-order valence-corrected chi connectivity index (χ4v) is 4.56. The predicted molar refractivity (Wildman–Crippen MR) is 91.2 cm³/mol. The number of hydrogen-bond donors (Lipinski definition) is 0. The van der Waals surface area contributed by atoms with E-state index in [9.17, 15) is 18.4 Å². The number of aryl methyl sites for hydroxylation is 1. The second-order valence-corrected chi connectivity index (χ2v) is 7.99. The minimum absolute atomic E-state index is 0.0300. The molecule has 0 spiro atoms. The molecule has 1 amide bonds. The van der Waals surface area contributed by atoms with Gasteiger partial charge in [0.15, 0.2) is 0 Å².